The molecule has 2 heterocycles. The summed E-state index contributed by atoms with van der Waals surface area (Å²) in [5, 5.41) is 2.78. The first-order valence-corrected chi connectivity index (χ1v) is 6.46. The van der Waals surface area contributed by atoms with Crippen LogP contribution in [0.25, 0.3) is 0 Å². The van der Waals surface area contributed by atoms with Gasteiger partial charge in [0.2, 0.25) is 11.8 Å². The molecule has 1 unspecified atom stereocenters. The van der Waals surface area contributed by atoms with Gasteiger partial charge in [0, 0.05) is 18.9 Å². The lowest BCUT2D eigenvalue weighted by Gasteiger charge is -2.39. The molecule has 1 aliphatic rings. The third-order valence-electron chi connectivity index (χ3n) is 3.72. The molecule has 0 aliphatic carbocycles. The second-order valence-electron chi connectivity index (χ2n) is 5.20. The molecule has 1 saturated heterocycles. The molecule has 0 saturated carbocycles. The third kappa shape index (κ3) is 2.59. The van der Waals surface area contributed by atoms with Gasteiger partial charge in [0.15, 0.2) is 0 Å². The van der Waals surface area contributed by atoms with Crippen LogP contribution in [0.2, 0.25) is 0 Å². The molecule has 1 atom stereocenters. The Kier molecular flexibility index (Phi) is 3.55. The molecule has 19 heavy (non-hydrogen) atoms. The van der Waals surface area contributed by atoms with Crippen molar-refractivity contribution in [2.75, 3.05) is 6.54 Å². The normalized spacial score (nSPS) is 23.4. The molecule has 1 fully saturated rings. The van der Waals surface area contributed by atoms with Crippen LogP contribution in [-0.4, -0.2) is 33.8 Å². The van der Waals surface area contributed by atoms with E-state index in [0.29, 0.717) is 13.0 Å². The smallest absolute Gasteiger partial charge is 0.248 e. The van der Waals surface area contributed by atoms with Crippen LogP contribution in [0.1, 0.15) is 31.4 Å². The number of aromatic nitrogens is 1. The van der Waals surface area contributed by atoms with Gasteiger partial charge in [0.1, 0.15) is 5.54 Å². The number of nitrogens with zero attached hydrogens (tertiary/aromatic N) is 2. The number of carbonyl (C=O) groups is 2. The first-order chi connectivity index (χ1) is 8.96. The minimum absolute atomic E-state index is 0.0298. The number of hydrogen-bond donors (Lipinski definition) is 1. The van der Waals surface area contributed by atoms with Crippen molar-refractivity contribution in [2.45, 2.75) is 39.3 Å². The average Bonchev–Trinajstić information content (AvgIpc) is 2.38. The second-order valence-corrected chi connectivity index (χ2v) is 5.20. The zero-order valence-corrected chi connectivity index (χ0v) is 11.6. The first-order valence-electron chi connectivity index (χ1n) is 6.46. The number of nitrogens with one attached hydrogen (secondary N) is 1. The summed E-state index contributed by atoms with van der Waals surface area (Å²) in [5.41, 5.74) is 1.27. The van der Waals surface area contributed by atoms with Gasteiger partial charge in [-0.15, -0.1) is 0 Å². The molecular weight excluding hydrogens is 242 g/mol. The Morgan fingerprint density at radius 1 is 1.47 bits per heavy atom. The van der Waals surface area contributed by atoms with Gasteiger partial charge in [-0.25, -0.2) is 0 Å². The lowest BCUT2D eigenvalue weighted by atomic mass is 9.94. The van der Waals surface area contributed by atoms with Crippen LogP contribution < -0.4 is 5.32 Å². The van der Waals surface area contributed by atoms with Crippen molar-refractivity contribution < 1.29 is 9.59 Å². The first kappa shape index (κ1) is 13.5. The van der Waals surface area contributed by atoms with Crippen molar-refractivity contribution >= 4 is 11.8 Å². The molecule has 5 nitrogen and oxygen atoms in total. The average molecular weight is 261 g/mol. The third-order valence-corrected chi connectivity index (χ3v) is 3.72. The summed E-state index contributed by atoms with van der Waals surface area (Å²) in [6.45, 7) is 6.20. The van der Waals surface area contributed by atoms with Gasteiger partial charge in [0.25, 0.3) is 0 Å². The minimum atomic E-state index is -0.786. The molecule has 2 amide bonds. The summed E-state index contributed by atoms with van der Waals surface area (Å²) in [6.07, 6.45) is 4.05. The van der Waals surface area contributed by atoms with Crippen molar-refractivity contribution in [1.82, 2.24) is 15.2 Å². The van der Waals surface area contributed by atoms with Gasteiger partial charge in [0.05, 0.1) is 6.54 Å². The summed E-state index contributed by atoms with van der Waals surface area (Å²) in [7, 11) is 0. The van der Waals surface area contributed by atoms with Gasteiger partial charge >= 0.3 is 0 Å². The van der Waals surface area contributed by atoms with Crippen LogP contribution >= 0.6 is 0 Å². The number of rotatable bonds is 3. The molecule has 1 aromatic rings. The summed E-state index contributed by atoms with van der Waals surface area (Å²) in [4.78, 5) is 29.9. The van der Waals surface area contributed by atoms with E-state index in [1.165, 1.54) is 0 Å². The Hall–Kier alpha value is -1.91. The van der Waals surface area contributed by atoms with Crippen molar-refractivity contribution in [3.8, 4) is 0 Å². The van der Waals surface area contributed by atoms with Gasteiger partial charge < -0.3 is 10.2 Å². The van der Waals surface area contributed by atoms with Gasteiger partial charge in [-0.05, 0) is 37.5 Å². The highest BCUT2D eigenvalue weighted by molar-refractivity contribution is 5.97. The van der Waals surface area contributed by atoms with E-state index in [0.717, 1.165) is 11.1 Å². The van der Waals surface area contributed by atoms with Crippen LogP contribution in [0.3, 0.4) is 0 Å². The molecule has 0 spiro atoms. The Labute approximate surface area is 113 Å². The van der Waals surface area contributed by atoms with E-state index in [-0.39, 0.29) is 18.4 Å². The Balaban J connectivity index is 2.22. The predicted octanol–water partition coefficient (Wildman–Crippen LogP) is 1.02. The van der Waals surface area contributed by atoms with Crippen LogP contribution in [0.15, 0.2) is 18.5 Å². The maximum atomic E-state index is 12.4. The maximum absolute atomic E-state index is 12.4. The quantitative estimate of drug-likeness (QED) is 0.883. The number of aryl methyl sites for hydroxylation is 1. The largest absolute Gasteiger partial charge is 0.340 e. The molecule has 5 heteroatoms. The summed E-state index contributed by atoms with van der Waals surface area (Å²) >= 11 is 0. The maximum Gasteiger partial charge on any atom is 0.248 e. The van der Waals surface area contributed by atoms with E-state index in [1.807, 2.05) is 19.9 Å². The topological polar surface area (TPSA) is 62.3 Å². The van der Waals surface area contributed by atoms with Crippen molar-refractivity contribution in [2.24, 2.45) is 0 Å². The van der Waals surface area contributed by atoms with Crippen molar-refractivity contribution in [3.05, 3.63) is 29.6 Å². The molecule has 0 aromatic carbocycles. The Morgan fingerprint density at radius 3 is 2.84 bits per heavy atom. The monoisotopic (exact) mass is 261 g/mol. The lowest BCUT2D eigenvalue weighted by Crippen LogP contribution is -2.64. The second kappa shape index (κ2) is 4.99. The summed E-state index contributed by atoms with van der Waals surface area (Å²) < 4.78 is 0. The highest BCUT2D eigenvalue weighted by atomic mass is 16.2. The molecular formula is C14H19N3O2. The Morgan fingerprint density at radius 2 is 2.21 bits per heavy atom. The van der Waals surface area contributed by atoms with E-state index in [9.17, 15) is 9.59 Å². The molecule has 102 valence electrons. The zero-order valence-electron chi connectivity index (χ0n) is 11.6. The van der Waals surface area contributed by atoms with Gasteiger partial charge in [-0.3, -0.25) is 14.6 Å². The standard InChI is InChI=1S/C14H19N3O2/c1-4-14(3)13(19)17(9-12(18)16-14)8-11-7-15-6-5-10(11)2/h5-7H,4,8-9H2,1-3H3,(H,16,18). The van der Waals surface area contributed by atoms with E-state index < -0.39 is 5.54 Å². The highest BCUT2D eigenvalue weighted by Gasteiger charge is 2.41. The number of amides is 2. The lowest BCUT2D eigenvalue weighted by molar-refractivity contribution is -0.149. The number of piperazine rings is 1. The highest BCUT2D eigenvalue weighted by Crippen LogP contribution is 2.20. The fraction of sp³-hybridized carbons (Fsp3) is 0.500. The SMILES string of the molecule is CCC1(C)NC(=O)CN(Cc2cnccc2C)C1=O. The number of hydrogen-bond acceptors (Lipinski definition) is 3. The Bertz CT molecular complexity index is 515. The van der Waals surface area contributed by atoms with Crippen LogP contribution in [0.4, 0.5) is 0 Å². The van der Waals surface area contributed by atoms with Crippen LogP contribution in [0, 0.1) is 6.92 Å². The van der Waals surface area contributed by atoms with E-state index in [4.69, 9.17) is 0 Å². The van der Waals surface area contributed by atoms with Crippen molar-refractivity contribution in [3.63, 3.8) is 0 Å². The molecule has 1 N–H and O–H groups in total. The molecule has 2 rings (SSSR count). The number of carbonyl (C=O) groups excluding carboxylic acids is 2. The van der Waals surface area contributed by atoms with Gasteiger partial charge in [-0.1, -0.05) is 6.92 Å². The molecule has 0 radical (unpaired) electrons. The van der Waals surface area contributed by atoms with Gasteiger partial charge in [-0.2, -0.15) is 0 Å². The van der Waals surface area contributed by atoms with E-state index in [2.05, 4.69) is 10.3 Å². The predicted molar refractivity (Wildman–Crippen MR) is 71.2 cm³/mol. The molecule has 0 bridgehead atoms. The van der Waals surface area contributed by atoms with Crippen LogP contribution in [0.5, 0.6) is 0 Å². The molecule has 1 aromatic heterocycles. The zero-order chi connectivity index (χ0) is 14.0. The van der Waals surface area contributed by atoms with E-state index >= 15 is 0 Å². The fourth-order valence-electron chi connectivity index (χ4n) is 2.23. The van der Waals surface area contributed by atoms with Crippen LogP contribution in [-0.2, 0) is 16.1 Å². The fourth-order valence-corrected chi connectivity index (χ4v) is 2.23. The summed E-state index contributed by atoms with van der Waals surface area (Å²) in [5.74, 6) is -0.136. The summed E-state index contributed by atoms with van der Waals surface area (Å²) in [6, 6.07) is 1.91. The minimum Gasteiger partial charge on any atom is -0.340 e. The van der Waals surface area contributed by atoms with Crippen molar-refractivity contribution in [1.29, 1.82) is 0 Å². The number of pyridine rings is 1. The molecule has 1 aliphatic heterocycles. The van der Waals surface area contributed by atoms with E-state index in [1.54, 1.807) is 24.2 Å².